The Morgan fingerprint density at radius 1 is 1.26 bits per heavy atom. The molecule has 0 saturated carbocycles. The molecular formula is C14H21NO3S. The van der Waals surface area contributed by atoms with E-state index in [9.17, 15) is 8.42 Å². The molecule has 0 fully saturated rings. The fourth-order valence-corrected chi connectivity index (χ4v) is 3.56. The molecule has 1 aromatic carbocycles. The molecule has 1 aromatic rings. The van der Waals surface area contributed by atoms with Crippen molar-refractivity contribution in [2.45, 2.75) is 32.2 Å². The Labute approximate surface area is 115 Å². The van der Waals surface area contributed by atoms with Crippen LogP contribution in [0.25, 0.3) is 0 Å². The van der Waals surface area contributed by atoms with E-state index < -0.39 is 10.0 Å². The molecule has 0 saturated heterocycles. The van der Waals surface area contributed by atoms with E-state index in [4.69, 9.17) is 5.11 Å². The summed E-state index contributed by atoms with van der Waals surface area (Å²) in [6, 6.07) is 6.83. The van der Waals surface area contributed by atoms with Crippen molar-refractivity contribution < 1.29 is 13.5 Å². The van der Waals surface area contributed by atoms with Gasteiger partial charge in [0.1, 0.15) is 0 Å². The van der Waals surface area contributed by atoms with Crippen LogP contribution in [0.5, 0.6) is 0 Å². The molecule has 1 N–H and O–H groups in total. The zero-order chi connectivity index (χ0) is 14.5. The number of aliphatic hydroxyl groups is 1. The first-order valence-corrected chi connectivity index (χ1v) is 7.80. The summed E-state index contributed by atoms with van der Waals surface area (Å²) in [5.74, 6) is -0.0370. The summed E-state index contributed by atoms with van der Waals surface area (Å²) >= 11 is 0. The largest absolute Gasteiger partial charge is 0.392 e. The molecule has 106 valence electrons. The summed E-state index contributed by atoms with van der Waals surface area (Å²) in [7, 11) is -3.36. The molecule has 0 atom stereocenters. The second kappa shape index (κ2) is 6.84. The first-order chi connectivity index (χ1) is 8.90. The van der Waals surface area contributed by atoms with Crippen molar-refractivity contribution in [3.63, 3.8) is 0 Å². The highest BCUT2D eigenvalue weighted by Gasteiger charge is 2.23. The minimum absolute atomic E-state index is 0.0370. The van der Waals surface area contributed by atoms with Crippen LogP contribution in [0.15, 0.2) is 36.9 Å². The van der Waals surface area contributed by atoms with Gasteiger partial charge in [-0.3, -0.25) is 0 Å². The van der Waals surface area contributed by atoms with Gasteiger partial charge < -0.3 is 5.11 Å². The van der Waals surface area contributed by atoms with Crippen molar-refractivity contribution in [1.29, 1.82) is 0 Å². The van der Waals surface area contributed by atoms with Crippen molar-refractivity contribution in [1.82, 2.24) is 4.31 Å². The number of rotatable bonds is 7. The van der Waals surface area contributed by atoms with E-state index in [0.717, 1.165) is 5.56 Å². The lowest BCUT2D eigenvalue weighted by Gasteiger charge is -2.24. The molecule has 0 aliphatic carbocycles. The van der Waals surface area contributed by atoms with Gasteiger partial charge in [0, 0.05) is 12.6 Å². The topological polar surface area (TPSA) is 57.6 Å². The first-order valence-electron chi connectivity index (χ1n) is 6.19. The highest BCUT2D eigenvalue weighted by Crippen LogP contribution is 2.14. The third-order valence-corrected chi connectivity index (χ3v) is 4.78. The summed E-state index contributed by atoms with van der Waals surface area (Å²) in [5.41, 5.74) is 1.49. The van der Waals surface area contributed by atoms with Crippen molar-refractivity contribution >= 4 is 10.0 Å². The van der Waals surface area contributed by atoms with Crippen molar-refractivity contribution in [2.24, 2.45) is 0 Å². The lowest BCUT2D eigenvalue weighted by Crippen LogP contribution is -2.37. The van der Waals surface area contributed by atoms with E-state index in [1.165, 1.54) is 4.31 Å². The molecule has 0 aliphatic rings. The van der Waals surface area contributed by atoms with Crippen LogP contribution in [0.2, 0.25) is 0 Å². The van der Waals surface area contributed by atoms with Gasteiger partial charge in [0.25, 0.3) is 0 Å². The fourth-order valence-electron chi connectivity index (χ4n) is 1.81. The Balaban J connectivity index is 2.90. The molecule has 0 spiro atoms. The van der Waals surface area contributed by atoms with Crippen molar-refractivity contribution in [3.8, 4) is 0 Å². The molecule has 0 unspecified atom stereocenters. The van der Waals surface area contributed by atoms with E-state index in [1.807, 2.05) is 13.8 Å². The Morgan fingerprint density at radius 2 is 1.79 bits per heavy atom. The molecular weight excluding hydrogens is 262 g/mol. The van der Waals surface area contributed by atoms with Gasteiger partial charge in [-0.2, -0.15) is 4.31 Å². The number of nitrogens with zero attached hydrogens (tertiary/aromatic N) is 1. The average molecular weight is 283 g/mol. The number of hydrogen-bond acceptors (Lipinski definition) is 3. The van der Waals surface area contributed by atoms with Gasteiger partial charge in [0.15, 0.2) is 0 Å². The molecule has 0 amide bonds. The van der Waals surface area contributed by atoms with Gasteiger partial charge in [-0.25, -0.2) is 8.42 Å². The molecule has 5 heteroatoms. The summed E-state index contributed by atoms with van der Waals surface area (Å²) < 4.78 is 26.1. The molecule has 0 aliphatic heterocycles. The number of hydrogen-bond donors (Lipinski definition) is 1. The van der Waals surface area contributed by atoms with Crippen molar-refractivity contribution in [2.75, 3.05) is 6.54 Å². The zero-order valence-corrected chi connectivity index (χ0v) is 12.2. The Kier molecular flexibility index (Phi) is 5.72. The SMILES string of the molecule is C=CCN(C(C)C)S(=O)(=O)Cc1ccc(CO)cc1. The van der Waals surface area contributed by atoms with Crippen LogP contribution in [0.1, 0.15) is 25.0 Å². The van der Waals surface area contributed by atoms with Crippen LogP contribution >= 0.6 is 0 Å². The second-order valence-corrected chi connectivity index (χ2v) is 6.60. The summed E-state index contributed by atoms with van der Waals surface area (Å²) in [6.45, 7) is 7.55. The van der Waals surface area contributed by atoms with Crippen LogP contribution in [-0.2, 0) is 22.4 Å². The van der Waals surface area contributed by atoms with Crippen LogP contribution in [-0.4, -0.2) is 30.4 Å². The average Bonchev–Trinajstić information content (AvgIpc) is 2.35. The monoisotopic (exact) mass is 283 g/mol. The van der Waals surface area contributed by atoms with Crippen LogP contribution in [0, 0.1) is 0 Å². The molecule has 4 nitrogen and oxygen atoms in total. The lowest BCUT2D eigenvalue weighted by atomic mass is 10.2. The fraction of sp³-hybridized carbons (Fsp3) is 0.429. The third kappa shape index (κ3) is 4.45. The molecule has 1 rings (SSSR count). The van der Waals surface area contributed by atoms with E-state index in [0.29, 0.717) is 12.1 Å². The van der Waals surface area contributed by atoms with Crippen LogP contribution in [0.4, 0.5) is 0 Å². The second-order valence-electron chi connectivity index (χ2n) is 4.68. The number of benzene rings is 1. The van der Waals surface area contributed by atoms with Gasteiger partial charge in [-0.05, 0) is 25.0 Å². The van der Waals surface area contributed by atoms with Gasteiger partial charge >= 0.3 is 0 Å². The van der Waals surface area contributed by atoms with Gasteiger partial charge in [-0.1, -0.05) is 30.3 Å². The number of aliphatic hydroxyl groups excluding tert-OH is 1. The van der Waals surface area contributed by atoms with Gasteiger partial charge in [0.05, 0.1) is 12.4 Å². The maximum Gasteiger partial charge on any atom is 0.218 e. The standard InChI is InChI=1S/C14H21NO3S/c1-4-9-15(12(2)3)19(17,18)11-14-7-5-13(10-16)6-8-14/h4-8,12,16H,1,9-11H2,2-3H3. The lowest BCUT2D eigenvalue weighted by molar-refractivity contribution is 0.282. The van der Waals surface area contributed by atoms with Gasteiger partial charge in [-0.15, -0.1) is 6.58 Å². The normalized spacial score (nSPS) is 12.1. The summed E-state index contributed by atoms with van der Waals surface area (Å²) in [6.07, 6.45) is 1.59. The maximum atomic E-state index is 12.3. The maximum absolute atomic E-state index is 12.3. The molecule has 0 bridgehead atoms. The molecule has 0 aromatic heterocycles. The Morgan fingerprint density at radius 3 is 2.21 bits per heavy atom. The highest BCUT2D eigenvalue weighted by molar-refractivity contribution is 7.88. The summed E-state index contributed by atoms with van der Waals surface area (Å²) in [4.78, 5) is 0. The first kappa shape index (κ1) is 15.9. The third-order valence-electron chi connectivity index (χ3n) is 2.80. The van der Waals surface area contributed by atoms with E-state index in [-0.39, 0.29) is 18.4 Å². The Hall–Kier alpha value is -1.17. The Bertz CT molecular complexity index is 506. The minimum Gasteiger partial charge on any atom is -0.392 e. The van der Waals surface area contributed by atoms with Crippen LogP contribution in [0.3, 0.4) is 0 Å². The molecule has 0 radical (unpaired) electrons. The minimum atomic E-state index is -3.36. The smallest absolute Gasteiger partial charge is 0.218 e. The predicted octanol–water partition coefficient (Wildman–Crippen LogP) is 1.91. The van der Waals surface area contributed by atoms with E-state index >= 15 is 0 Å². The number of sulfonamides is 1. The van der Waals surface area contributed by atoms with Crippen LogP contribution < -0.4 is 0 Å². The highest BCUT2D eigenvalue weighted by atomic mass is 32.2. The quantitative estimate of drug-likeness (QED) is 0.778. The molecule has 0 heterocycles. The molecule has 19 heavy (non-hydrogen) atoms. The summed E-state index contributed by atoms with van der Waals surface area (Å²) in [5, 5.41) is 8.95. The van der Waals surface area contributed by atoms with E-state index in [1.54, 1.807) is 30.3 Å². The zero-order valence-electron chi connectivity index (χ0n) is 11.4. The van der Waals surface area contributed by atoms with Gasteiger partial charge in [0.2, 0.25) is 10.0 Å². The van der Waals surface area contributed by atoms with E-state index in [2.05, 4.69) is 6.58 Å². The predicted molar refractivity (Wildman–Crippen MR) is 77.0 cm³/mol. The van der Waals surface area contributed by atoms with Crippen molar-refractivity contribution in [3.05, 3.63) is 48.0 Å².